The zero-order chi connectivity index (χ0) is 11.5. The standard InChI is InChI=1S/C13H18N2O/c1-3-11-8-12(15(2)14-11)9-13(16)10-6-4-5-7-10/h6,8H,3-5,7,9H2,1-2H3. The van der Waals surface area contributed by atoms with Gasteiger partial charge in [-0.3, -0.25) is 9.48 Å². The number of rotatable bonds is 4. The average molecular weight is 218 g/mol. The molecule has 1 aromatic rings. The van der Waals surface area contributed by atoms with Crippen LogP contribution in [0.15, 0.2) is 17.7 Å². The fourth-order valence-corrected chi connectivity index (χ4v) is 2.11. The number of aryl methyl sites for hydroxylation is 2. The molecule has 0 aromatic carbocycles. The summed E-state index contributed by atoms with van der Waals surface area (Å²) >= 11 is 0. The summed E-state index contributed by atoms with van der Waals surface area (Å²) in [5, 5.41) is 4.35. The van der Waals surface area contributed by atoms with E-state index in [-0.39, 0.29) is 5.78 Å². The SMILES string of the molecule is CCc1cc(CC(=O)C2=CCCC2)n(C)n1. The molecular formula is C13H18N2O. The molecule has 0 unspecified atom stereocenters. The molecule has 0 fully saturated rings. The molecule has 2 rings (SSSR count). The molecule has 0 saturated carbocycles. The Bertz CT molecular complexity index is 429. The summed E-state index contributed by atoms with van der Waals surface area (Å²) < 4.78 is 1.83. The Morgan fingerprint density at radius 2 is 2.38 bits per heavy atom. The summed E-state index contributed by atoms with van der Waals surface area (Å²) in [6, 6.07) is 2.04. The summed E-state index contributed by atoms with van der Waals surface area (Å²) in [5.41, 5.74) is 3.10. The predicted octanol–water partition coefficient (Wildman–Crippen LogP) is 2.20. The maximum atomic E-state index is 12.0. The molecule has 1 aromatic heterocycles. The predicted molar refractivity (Wildman–Crippen MR) is 63.2 cm³/mol. The quantitative estimate of drug-likeness (QED) is 0.776. The maximum Gasteiger partial charge on any atom is 0.164 e. The first-order valence-electron chi connectivity index (χ1n) is 5.94. The largest absolute Gasteiger partial charge is 0.294 e. The number of carbonyl (C=O) groups is 1. The molecule has 0 atom stereocenters. The smallest absolute Gasteiger partial charge is 0.164 e. The van der Waals surface area contributed by atoms with Crippen molar-refractivity contribution in [2.24, 2.45) is 7.05 Å². The van der Waals surface area contributed by atoms with Crippen molar-refractivity contribution in [1.82, 2.24) is 9.78 Å². The van der Waals surface area contributed by atoms with E-state index in [2.05, 4.69) is 18.1 Å². The van der Waals surface area contributed by atoms with Crippen LogP contribution in [-0.2, 0) is 24.7 Å². The van der Waals surface area contributed by atoms with E-state index in [1.165, 1.54) is 0 Å². The highest BCUT2D eigenvalue weighted by molar-refractivity contribution is 5.96. The van der Waals surface area contributed by atoms with Gasteiger partial charge in [0.25, 0.3) is 0 Å². The third-order valence-corrected chi connectivity index (χ3v) is 3.13. The van der Waals surface area contributed by atoms with Gasteiger partial charge >= 0.3 is 0 Å². The Hall–Kier alpha value is -1.38. The molecule has 3 nitrogen and oxygen atoms in total. The minimum Gasteiger partial charge on any atom is -0.294 e. The molecule has 0 spiro atoms. The van der Waals surface area contributed by atoms with E-state index < -0.39 is 0 Å². The van der Waals surface area contributed by atoms with Crippen molar-refractivity contribution < 1.29 is 4.79 Å². The molecule has 0 saturated heterocycles. The molecule has 1 aliphatic rings. The Balaban J connectivity index is 2.08. The second-order valence-corrected chi connectivity index (χ2v) is 4.33. The minimum atomic E-state index is 0.267. The van der Waals surface area contributed by atoms with Gasteiger partial charge in [0.1, 0.15) is 0 Å². The maximum absolute atomic E-state index is 12.0. The molecule has 0 N–H and O–H groups in total. The lowest BCUT2D eigenvalue weighted by atomic mass is 10.1. The van der Waals surface area contributed by atoms with Crippen molar-refractivity contribution in [2.45, 2.75) is 39.0 Å². The minimum absolute atomic E-state index is 0.267. The highest BCUT2D eigenvalue weighted by Crippen LogP contribution is 2.20. The van der Waals surface area contributed by atoms with Crippen molar-refractivity contribution >= 4 is 5.78 Å². The van der Waals surface area contributed by atoms with Crippen molar-refractivity contribution in [3.05, 3.63) is 29.1 Å². The summed E-state index contributed by atoms with van der Waals surface area (Å²) in [6.45, 7) is 2.08. The average Bonchev–Trinajstić information content (AvgIpc) is 2.88. The van der Waals surface area contributed by atoms with Crippen LogP contribution in [-0.4, -0.2) is 15.6 Å². The first-order valence-corrected chi connectivity index (χ1v) is 5.94. The van der Waals surface area contributed by atoms with Gasteiger partial charge in [-0.05, 0) is 37.3 Å². The number of carbonyl (C=O) groups excluding carboxylic acids is 1. The molecule has 0 radical (unpaired) electrons. The van der Waals surface area contributed by atoms with E-state index in [0.29, 0.717) is 6.42 Å². The molecule has 1 heterocycles. The van der Waals surface area contributed by atoms with Crippen LogP contribution >= 0.6 is 0 Å². The van der Waals surface area contributed by atoms with Crippen molar-refractivity contribution in [3.63, 3.8) is 0 Å². The highest BCUT2D eigenvalue weighted by Gasteiger charge is 2.15. The zero-order valence-corrected chi connectivity index (χ0v) is 9.99. The fraction of sp³-hybridized carbons (Fsp3) is 0.538. The van der Waals surface area contributed by atoms with Crippen LogP contribution in [0.4, 0.5) is 0 Å². The van der Waals surface area contributed by atoms with Gasteiger partial charge in [0.05, 0.1) is 12.1 Å². The van der Waals surface area contributed by atoms with Crippen LogP contribution in [0.3, 0.4) is 0 Å². The molecule has 3 heteroatoms. The van der Waals surface area contributed by atoms with Crippen molar-refractivity contribution in [2.75, 3.05) is 0 Å². The number of nitrogens with zero attached hydrogens (tertiary/aromatic N) is 2. The van der Waals surface area contributed by atoms with E-state index in [1.54, 1.807) is 0 Å². The van der Waals surface area contributed by atoms with E-state index in [4.69, 9.17) is 0 Å². The zero-order valence-electron chi connectivity index (χ0n) is 9.99. The normalized spacial score (nSPS) is 15.2. The molecule has 0 bridgehead atoms. The van der Waals surface area contributed by atoms with Gasteiger partial charge in [0.15, 0.2) is 5.78 Å². The van der Waals surface area contributed by atoms with Gasteiger partial charge in [-0.2, -0.15) is 5.10 Å². The van der Waals surface area contributed by atoms with Crippen molar-refractivity contribution in [1.29, 1.82) is 0 Å². The molecule has 16 heavy (non-hydrogen) atoms. The number of allylic oxidation sites excluding steroid dienone is 2. The van der Waals surface area contributed by atoms with Gasteiger partial charge in [-0.15, -0.1) is 0 Å². The van der Waals surface area contributed by atoms with E-state index in [1.807, 2.05) is 17.8 Å². The van der Waals surface area contributed by atoms with E-state index >= 15 is 0 Å². The number of hydrogen-bond donors (Lipinski definition) is 0. The first kappa shape index (κ1) is 11.1. The third-order valence-electron chi connectivity index (χ3n) is 3.13. The third kappa shape index (κ3) is 2.23. The van der Waals surface area contributed by atoms with Crippen LogP contribution in [0.1, 0.15) is 37.6 Å². The van der Waals surface area contributed by atoms with E-state index in [0.717, 1.165) is 42.6 Å². The Morgan fingerprint density at radius 3 is 2.94 bits per heavy atom. The van der Waals surface area contributed by atoms with Crippen LogP contribution in [0, 0.1) is 0 Å². The second kappa shape index (κ2) is 4.64. The lowest BCUT2D eigenvalue weighted by Crippen LogP contribution is -2.08. The lowest BCUT2D eigenvalue weighted by molar-refractivity contribution is -0.115. The Kier molecular flexibility index (Phi) is 3.22. The molecule has 0 amide bonds. The Labute approximate surface area is 96.2 Å². The fourth-order valence-electron chi connectivity index (χ4n) is 2.11. The highest BCUT2D eigenvalue weighted by atomic mass is 16.1. The van der Waals surface area contributed by atoms with Gasteiger partial charge in [-0.25, -0.2) is 0 Å². The summed E-state index contributed by atoms with van der Waals surface area (Å²) in [7, 11) is 1.91. The number of Topliss-reactive ketones (excluding diaryl/α,β-unsaturated/α-hetero) is 1. The molecule has 1 aliphatic carbocycles. The van der Waals surface area contributed by atoms with Gasteiger partial charge in [0.2, 0.25) is 0 Å². The molecule has 0 aliphatic heterocycles. The first-order chi connectivity index (χ1) is 7.70. The summed E-state index contributed by atoms with van der Waals surface area (Å²) in [4.78, 5) is 12.0. The Morgan fingerprint density at radius 1 is 1.56 bits per heavy atom. The van der Waals surface area contributed by atoms with Crippen LogP contribution in [0.25, 0.3) is 0 Å². The summed E-state index contributed by atoms with van der Waals surface area (Å²) in [6.07, 6.45) is 6.65. The van der Waals surface area contributed by atoms with Crippen molar-refractivity contribution in [3.8, 4) is 0 Å². The molecule has 86 valence electrons. The number of aromatic nitrogens is 2. The van der Waals surface area contributed by atoms with Crippen LogP contribution in [0.5, 0.6) is 0 Å². The van der Waals surface area contributed by atoms with Gasteiger partial charge in [-0.1, -0.05) is 13.0 Å². The second-order valence-electron chi connectivity index (χ2n) is 4.33. The molecular weight excluding hydrogens is 200 g/mol. The monoisotopic (exact) mass is 218 g/mol. The summed E-state index contributed by atoms with van der Waals surface area (Å²) in [5.74, 6) is 0.267. The topological polar surface area (TPSA) is 34.9 Å². The van der Waals surface area contributed by atoms with Crippen LogP contribution < -0.4 is 0 Å². The number of ketones is 1. The van der Waals surface area contributed by atoms with E-state index in [9.17, 15) is 4.79 Å². The van der Waals surface area contributed by atoms with Gasteiger partial charge in [0, 0.05) is 12.7 Å². The lowest BCUT2D eigenvalue weighted by Gasteiger charge is -2.01. The van der Waals surface area contributed by atoms with Crippen LogP contribution in [0.2, 0.25) is 0 Å². The number of hydrogen-bond acceptors (Lipinski definition) is 2. The van der Waals surface area contributed by atoms with Gasteiger partial charge < -0.3 is 0 Å².